The fourth-order valence-electron chi connectivity index (χ4n) is 6.24. The van der Waals surface area contributed by atoms with Crippen LogP contribution in [0.15, 0.2) is 121 Å². The molecule has 5 aromatic carbocycles. The van der Waals surface area contributed by atoms with Crippen molar-refractivity contribution in [1.82, 2.24) is 0 Å². The standard InChI is InChI=1S/C21H27N2.C10H10.2C7H6.CH4.5CH3.6ClH.3Ru/c1-14-9-16(3)20(17(4)10-14)22-7-8-23(13-22)21-18(5)11-15(2)12-19(21)6;1-3-9(2)10-7-5-4-6-8-10;2*1-7-5-3-2-4-6-7;;;;;;;;;;;;;;;/h9-13H,7-8H2,1-6H3;1,3-8H,2H3;2*1-6H;1H4;5*1H3;6*1H;;;/q-1;;;;;5*-1;;;;;;;3*+2/p-6/b;9-3+;;;;;;;;;;;;;;;;;. The van der Waals surface area contributed by atoms with Gasteiger partial charge in [0.2, 0.25) is 0 Å². The summed E-state index contributed by atoms with van der Waals surface area (Å²) in [6, 6.07) is 39.1. The first-order valence-electron chi connectivity index (χ1n) is 17.5. The number of rotatable bonds is 6. The van der Waals surface area contributed by atoms with Crippen molar-refractivity contribution in [3.63, 3.8) is 0 Å². The summed E-state index contributed by atoms with van der Waals surface area (Å²) in [6.45, 7) is 19.6. The normalized spacial score (nSPS) is 11.6. The van der Waals surface area contributed by atoms with Crippen LogP contribution in [0.3, 0.4) is 0 Å². The van der Waals surface area contributed by atoms with Crippen molar-refractivity contribution in [3.8, 4) is 0 Å². The topological polar surface area (TPSA) is 6.48 Å². The number of anilines is 2. The van der Waals surface area contributed by atoms with Crippen LogP contribution in [0.25, 0.3) is 5.57 Å². The molecule has 0 radical (unpaired) electrons. The molecule has 0 atom stereocenters. The zero-order valence-electron chi connectivity index (χ0n) is 37.5. The van der Waals surface area contributed by atoms with Crippen molar-refractivity contribution in [2.45, 2.75) is 55.9 Å². The Kier molecular flexibility index (Phi) is 38.9. The van der Waals surface area contributed by atoms with Crippen LogP contribution in [0.2, 0.25) is 0 Å². The second-order valence-corrected chi connectivity index (χ2v) is 30.2. The predicted molar refractivity (Wildman–Crippen MR) is 284 cm³/mol. The van der Waals surface area contributed by atoms with Gasteiger partial charge in [-0.1, -0.05) is 42.8 Å². The van der Waals surface area contributed by atoms with Crippen LogP contribution in [0, 0.1) is 85.3 Å². The van der Waals surface area contributed by atoms with Gasteiger partial charge in [0.1, 0.15) is 0 Å². The molecule has 354 valence electrons. The summed E-state index contributed by atoms with van der Waals surface area (Å²) in [5.74, 6) is 0. The Hall–Kier alpha value is -1.34. The van der Waals surface area contributed by atoms with Crippen molar-refractivity contribution < 1.29 is 40.6 Å². The molecule has 11 heteroatoms. The average Bonchev–Trinajstić information content (AvgIpc) is 3.60. The third-order valence-electron chi connectivity index (χ3n) is 8.32. The number of halogens is 6. The van der Waals surface area contributed by atoms with Crippen LogP contribution in [0.1, 0.15) is 64.4 Å². The van der Waals surface area contributed by atoms with E-state index in [1.165, 1.54) is 55.9 Å². The number of hydrogen-bond acceptors (Lipinski definition) is 2. The second kappa shape index (κ2) is 35.9. The molecule has 1 heterocycles. The third-order valence-corrected chi connectivity index (χ3v) is 13.8. The Bertz CT molecular complexity index is 1950. The summed E-state index contributed by atoms with van der Waals surface area (Å²) in [4.78, 5) is 4.81. The monoisotopic (exact) mass is 1220 g/mol. The molecule has 0 amide bonds. The van der Waals surface area contributed by atoms with Crippen LogP contribution in [-0.4, -0.2) is 26.9 Å². The summed E-state index contributed by atoms with van der Waals surface area (Å²) >= 11 is -4.87. The SMILES string of the molecule is C.C/C(=C\[CH]=[Ru]([Cl])[Cl])c1ccccc1.Cc1cc(C)c(N2[CH-]N(c3c(C)cc(C)cc3C)CC2)c(C)c1.[CH3-].[CH3-].[CH3-].[CH3-].[CH3-].[Cl][Ru]([Cl])=[CH]c1ccccc1.[Cl][Ru]([Cl])=[CH]c1ccccc1. The fourth-order valence-corrected chi connectivity index (χ4v) is 11.1. The van der Waals surface area contributed by atoms with Gasteiger partial charge in [-0.15, -0.1) is 0 Å². The van der Waals surface area contributed by atoms with E-state index in [2.05, 4.69) is 101 Å². The van der Waals surface area contributed by atoms with E-state index in [1.807, 2.05) is 98.8 Å². The van der Waals surface area contributed by atoms with E-state index >= 15 is 0 Å². The van der Waals surface area contributed by atoms with Crippen LogP contribution >= 0.6 is 58.1 Å². The molecule has 1 fully saturated rings. The predicted octanol–water partition coefficient (Wildman–Crippen LogP) is 17.2. The van der Waals surface area contributed by atoms with E-state index in [0.29, 0.717) is 0 Å². The maximum absolute atomic E-state index is 5.72. The molecular weight excluding hydrogens is 1160 g/mol. The quantitative estimate of drug-likeness (QED) is 0.123. The number of hydrogen-bond donors (Lipinski definition) is 0. The summed E-state index contributed by atoms with van der Waals surface area (Å²) in [5, 5.41) is 0. The van der Waals surface area contributed by atoms with Gasteiger partial charge in [0.25, 0.3) is 0 Å². The van der Waals surface area contributed by atoms with Crippen molar-refractivity contribution in [3.05, 3.63) is 215 Å². The fraction of sp³-hybridized carbons (Fsp3) is 0.196. The van der Waals surface area contributed by atoms with Gasteiger partial charge in [-0.3, -0.25) is 0 Å². The van der Waals surface area contributed by atoms with Crippen LogP contribution in [0.5, 0.6) is 0 Å². The minimum atomic E-state index is -1.64. The average molecular weight is 1230 g/mol. The molecule has 2 nitrogen and oxygen atoms in total. The van der Waals surface area contributed by atoms with Gasteiger partial charge in [-0.25, -0.2) is 0 Å². The summed E-state index contributed by atoms with van der Waals surface area (Å²) in [6.07, 6.45) is 1.99. The van der Waals surface area contributed by atoms with E-state index in [4.69, 9.17) is 58.1 Å². The Morgan fingerprint density at radius 3 is 1.10 bits per heavy atom. The molecule has 0 aliphatic carbocycles. The van der Waals surface area contributed by atoms with E-state index in [-0.39, 0.29) is 44.6 Å². The molecule has 5 aromatic rings. The maximum atomic E-state index is 5.72. The summed E-state index contributed by atoms with van der Waals surface area (Å²) < 4.78 is 5.75. The van der Waals surface area contributed by atoms with Gasteiger partial charge in [0.05, 0.1) is 0 Å². The molecule has 0 aromatic heterocycles. The molecule has 1 aliphatic heterocycles. The zero-order chi connectivity index (χ0) is 41.2. The van der Waals surface area contributed by atoms with E-state index < -0.39 is 40.6 Å². The molecule has 0 saturated carbocycles. The molecule has 0 unspecified atom stereocenters. The molecule has 62 heavy (non-hydrogen) atoms. The number of allylic oxidation sites excluding steroid dienone is 2. The molecule has 1 aliphatic rings. The third kappa shape index (κ3) is 24.8. The van der Waals surface area contributed by atoms with Gasteiger partial charge in [0, 0.05) is 24.5 Å². The number of benzene rings is 5. The van der Waals surface area contributed by atoms with Crippen molar-refractivity contribution >= 4 is 88.9 Å². The van der Waals surface area contributed by atoms with Gasteiger partial charge >= 0.3 is 239 Å². The van der Waals surface area contributed by atoms with Crippen molar-refractivity contribution in [2.75, 3.05) is 22.9 Å². The van der Waals surface area contributed by atoms with Gasteiger partial charge < -0.3 is 46.9 Å². The van der Waals surface area contributed by atoms with E-state index in [9.17, 15) is 0 Å². The minimum absolute atomic E-state index is 0. The first-order chi connectivity index (χ1) is 26.6. The van der Waals surface area contributed by atoms with E-state index in [1.54, 1.807) is 0 Å². The van der Waals surface area contributed by atoms with Gasteiger partial charge in [-0.2, -0.15) is 6.67 Å². The van der Waals surface area contributed by atoms with Crippen LogP contribution in [-0.2, 0) is 40.6 Å². The Balaban J connectivity index is -0.000000374. The molecule has 6 rings (SSSR count). The second-order valence-electron chi connectivity index (χ2n) is 13.0. The van der Waals surface area contributed by atoms with Crippen LogP contribution in [0.4, 0.5) is 11.4 Å². The first-order valence-corrected chi connectivity index (χ1v) is 33.9. The summed E-state index contributed by atoms with van der Waals surface area (Å²) in [7, 11) is 34.1. The molecule has 0 bridgehead atoms. The Labute approximate surface area is 419 Å². The van der Waals surface area contributed by atoms with Crippen molar-refractivity contribution in [2.24, 2.45) is 0 Å². The number of nitrogens with zero attached hydrogens (tertiary/aromatic N) is 2. The van der Waals surface area contributed by atoms with Crippen LogP contribution < -0.4 is 9.80 Å². The molecular formula is C51H68Cl6N2Ru3-6. The Morgan fingerprint density at radius 1 is 0.500 bits per heavy atom. The summed E-state index contributed by atoms with van der Waals surface area (Å²) in [5.41, 5.74) is 15.5. The first kappa shape index (κ1) is 67.3. The number of aryl methyl sites for hydroxylation is 6. The molecule has 0 N–H and O–H groups in total. The van der Waals surface area contributed by atoms with Gasteiger partial charge in [-0.05, 0) is 63.8 Å². The zero-order valence-corrected chi connectivity index (χ0v) is 47.2. The van der Waals surface area contributed by atoms with Crippen molar-refractivity contribution in [1.29, 1.82) is 0 Å². The van der Waals surface area contributed by atoms with Gasteiger partial charge in [0.15, 0.2) is 0 Å². The van der Waals surface area contributed by atoms with E-state index in [0.717, 1.165) is 24.2 Å². The Morgan fingerprint density at radius 2 is 0.806 bits per heavy atom. The molecule has 1 saturated heterocycles. The molecule has 0 spiro atoms.